The van der Waals surface area contributed by atoms with E-state index in [1.54, 1.807) is 43.3 Å². The molecule has 0 bridgehead atoms. The van der Waals surface area contributed by atoms with Crippen LogP contribution in [0.25, 0.3) is 22.3 Å². The number of benzene rings is 3. The van der Waals surface area contributed by atoms with Gasteiger partial charge in [0, 0.05) is 17.2 Å². The van der Waals surface area contributed by atoms with Gasteiger partial charge in [-0.2, -0.15) is 9.78 Å². The predicted octanol–water partition coefficient (Wildman–Crippen LogP) is 4.18. The molecule has 0 aliphatic heterocycles. The lowest BCUT2D eigenvalue weighted by Gasteiger charge is -2.15. The van der Waals surface area contributed by atoms with Gasteiger partial charge in [0.25, 0.3) is 5.56 Å². The summed E-state index contributed by atoms with van der Waals surface area (Å²) in [5.74, 6) is -0.543. The Hall–Kier alpha value is -4.86. The molecule has 10 heteroatoms. The van der Waals surface area contributed by atoms with Gasteiger partial charge in [-0.3, -0.25) is 14.9 Å². The predicted molar refractivity (Wildman–Crippen MR) is 134 cm³/mol. The maximum Gasteiger partial charge on any atom is 0.347 e. The first-order valence-electron chi connectivity index (χ1n) is 11.1. The smallest absolute Gasteiger partial charge is 0.347 e. The molecule has 0 spiro atoms. The number of aromatic nitrogens is 2. The number of esters is 1. The molecule has 4 rings (SSSR count). The molecule has 0 fully saturated rings. The number of carbonyl (C=O) groups is 1. The first-order valence-corrected chi connectivity index (χ1v) is 11.1. The molecule has 0 unspecified atom stereocenters. The highest BCUT2D eigenvalue weighted by molar-refractivity contribution is 5.87. The molecule has 1 atom stereocenters. The SMILES string of the molecule is CCOC(=O)[C@H](C)Oc1c(C=Nn2c(-c3ccccc3)nc3ccccc3c2=O)cccc1[N+](=O)[O-]. The summed E-state index contributed by atoms with van der Waals surface area (Å²) in [6, 6.07) is 20.2. The van der Waals surface area contributed by atoms with Gasteiger partial charge in [0.2, 0.25) is 5.75 Å². The molecule has 4 aromatic rings. The first-order chi connectivity index (χ1) is 17.4. The average Bonchev–Trinajstić information content (AvgIpc) is 2.89. The van der Waals surface area contributed by atoms with Gasteiger partial charge in [-0.1, -0.05) is 48.5 Å². The topological polar surface area (TPSA) is 126 Å². The van der Waals surface area contributed by atoms with Crippen molar-refractivity contribution in [2.24, 2.45) is 5.10 Å². The van der Waals surface area contributed by atoms with E-state index in [0.29, 0.717) is 22.3 Å². The van der Waals surface area contributed by atoms with E-state index in [9.17, 15) is 19.7 Å². The minimum Gasteiger partial charge on any atom is -0.471 e. The van der Waals surface area contributed by atoms with Crippen LogP contribution in [0.1, 0.15) is 19.4 Å². The second kappa shape index (κ2) is 10.6. The summed E-state index contributed by atoms with van der Waals surface area (Å²) in [5.41, 5.74) is 0.588. The Balaban J connectivity index is 1.85. The van der Waals surface area contributed by atoms with E-state index in [1.165, 1.54) is 31.3 Å². The number of nitrogens with zero attached hydrogens (tertiary/aromatic N) is 4. The molecule has 0 aliphatic rings. The summed E-state index contributed by atoms with van der Waals surface area (Å²) < 4.78 is 11.7. The summed E-state index contributed by atoms with van der Waals surface area (Å²) in [7, 11) is 0. The van der Waals surface area contributed by atoms with Crippen LogP contribution in [0.3, 0.4) is 0 Å². The first kappa shape index (κ1) is 24.3. The highest BCUT2D eigenvalue weighted by atomic mass is 16.6. The zero-order valence-electron chi connectivity index (χ0n) is 19.5. The quantitative estimate of drug-likeness (QED) is 0.158. The van der Waals surface area contributed by atoms with E-state index in [0.717, 1.165) is 4.68 Å². The van der Waals surface area contributed by atoms with Gasteiger partial charge in [-0.25, -0.2) is 9.78 Å². The number of ether oxygens (including phenoxy) is 2. The summed E-state index contributed by atoms with van der Waals surface area (Å²) >= 11 is 0. The van der Waals surface area contributed by atoms with Crippen LogP contribution in [0.2, 0.25) is 0 Å². The second-order valence-electron chi connectivity index (χ2n) is 7.64. The second-order valence-corrected chi connectivity index (χ2v) is 7.64. The Kier molecular flexibility index (Phi) is 7.15. The van der Waals surface area contributed by atoms with E-state index >= 15 is 0 Å². The third kappa shape index (κ3) is 4.97. The van der Waals surface area contributed by atoms with Crippen molar-refractivity contribution in [2.45, 2.75) is 20.0 Å². The van der Waals surface area contributed by atoms with E-state index in [4.69, 9.17) is 9.47 Å². The van der Waals surface area contributed by atoms with Crippen LogP contribution in [-0.2, 0) is 9.53 Å². The molecule has 182 valence electrons. The monoisotopic (exact) mass is 486 g/mol. The number of hydrogen-bond acceptors (Lipinski definition) is 8. The molecule has 0 N–H and O–H groups in total. The van der Waals surface area contributed by atoms with E-state index in [1.807, 2.05) is 18.2 Å². The van der Waals surface area contributed by atoms with Gasteiger partial charge in [0.15, 0.2) is 11.9 Å². The fourth-order valence-corrected chi connectivity index (χ4v) is 3.53. The maximum atomic E-state index is 13.4. The molecular formula is C26H22N4O6. The minimum absolute atomic E-state index is 0.137. The fourth-order valence-electron chi connectivity index (χ4n) is 3.53. The van der Waals surface area contributed by atoms with E-state index in [2.05, 4.69) is 10.1 Å². The van der Waals surface area contributed by atoms with Gasteiger partial charge in [-0.05, 0) is 32.0 Å². The van der Waals surface area contributed by atoms with Gasteiger partial charge >= 0.3 is 11.7 Å². The van der Waals surface area contributed by atoms with Crippen molar-refractivity contribution in [2.75, 3.05) is 6.61 Å². The molecule has 0 amide bonds. The van der Waals surface area contributed by atoms with Gasteiger partial charge in [0.1, 0.15) is 0 Å². The zero-order valence-corrected chi connectivity index (χ0v) is 19.5. The van der Waals surface area contributed by atoms with Crippen LogP contribution >= 0.6 is 0 Å². The van der Waals surface area contributed by atoms with E-state index < -0.39 is 22.6 Å². The van der Waals surface area contributed by atoms with E-state index in [-0.39, 0.29) is 23.6 Å². The van der Waals surface area contributed by atoms with Crippen molar-refractivity contribution in [3.63, 3.8) is 0 Å². The summed E-state index contributed by atoms with van der Waals surface area (Å²) in [6.45, 7) is 3.21. The Bertz CT molecular complexity index is 1510. The zero-order chi connectivity index (χ0) is 25.7. The molecule has 1 aromatic heterocycles. The number of nitro groups is 1. The molecule has 0 saturated heterocycles. The molecule has 10 nitrogen and oxygen atoms in total. The van der Waals surface area contributed by atoms with Crippen molar-refractivity contribution in [1.29, 1.82) is 0 Å². The lowest BCUT2D eigenvalue weighted by molar-refractivity contribution is -0.386. The van der Waals surface area contributed by atoms with Crippen LogP contribution in [0, 0.1) is 10.1 Å². The average molecular weight is 486 g/mol. The van der Waals surface area contributed by atoms with Crippen molar-refractivity contribution in [1.82, 2.24) is 9.66 Å². The number of rotatable bonds is 8. The summed E-state index contributed by atoms with van der Waals surface area (Å²) in [6.07, 6.45) is 0.160. The number of hydrogen-bond donors (Lipinski definition) is 0. The Morgan fingerprint density at radius 3 is 2.56 bits per heavy atom. The van der Waals surface area contributed by atoms with Crippen molar-refractivity contribution in [3.8, 4) is 17.1 Å². The number of nitro benzene ring substituents is 1. The summed E-state index contributed by atoms with van der Waals surface area (Å²) in [5, 5.41) is 16.4. The van der Waals surface area contributed by atoms with Gasteiger partial charge in [0.05, 0.1) is 28.6 Å². The Morgan fingerprint density at radius 2 is 1.83 bits per heavy atom. The minimum atomic E-state index is -1.11. The maximum absolute atomic E-state index is 13.4. The molecule has 36 heavy (non-hydrogen) atoms. The van der Waals surface area contributed by atoms with Gasteiger partial charge < -0.3 is 9.47 Å². The third-order valence-corrected chi connectivity index (χ3v) is 5.23. The van der Waals surface area contributed by atoms with Gasteiger partial charge in [-0.15, -0.1) is 0 Å². The number of carbonyl (C=O) groups excluding carboxylic acids is 1. The van der Waals surface area contributed by atoms with Crippen LogP contribution in [0.15, 0.2) is 82.7 Å². The molecule has 0 radical (unpaired) electrons. The van der Waals surface area contributed by atoms with Crippen LogP contribution < -0.4 is 10.3 Å². The summed E-state index contributed by atoms with van der Waals surface area (Å²) in [4.78, 5) is 41.1. The molecule has 0 saturated carbocycles. The highest BCUT2D eigenvalue weighted by Gasteiger charge is 2.24. The largest absolute Gasteiger partial charge is 0.471 e. The fraction of sp³-hybridized carbons (Fsp3) is 0.154. The van der Waals surface area contributed by atoms with Crippen LogP contribution in [-0.4, -0.2) is 39.5 Å². The molecule has 1 heterocycles. The Morgan fingerprint density at radius 1 is 1.11 bits per heavy atom. The van der Waals surface area contributed by atoms with Crippen molar-refractivity contribution >= 4 is 28.8 Å². The number of fused-ring (bicyclic) bond motifs is 1. The van der Waals surface area contributed by atoms with Crippen molar-refractivity contribution in [3.05, 3.63) is 98.8 Å². The normalized spacial score (nSPS) is 11.9. The molecular weight excluding hydrogens is 464 g/mol. The van der Waals surface area contributed by atoms with Crippen LogP contribution in [0.4, 0.5) is 5.69 Å². The Labute approximate surface area is 205 Å². The number of para-hydroxylation sites is 2. The molecule has 0 aliphatic carbocycles. The van der Waals surface area contributed by atoms with Crippen LogP contribution in [0.5, 0.6) is 5.75 Å². The lowest BCUT2D eigenvalue weighted by atomic mass is 10.2. The highest BCUT2D eigenvalue weighted by Crippen LogP contribution is 2.31. The third-order valence-electron chi connectivity index (χ3n) is 5.23. The molecule has 3 aromatic carbocycles. The standard InChI is InChI=1S/C26H22N4O6/c1-3-35-26(32)17(2)36-23-19(12-9-15-22(23)30(33)34)16-27-29-24(18-10-5-4-6-11-18)28-21-14-8-7-13-20(21)25(29)31/h4-17H,3H2,1-2H3/t17-/m0/s1. The van der Waals surface area contributed by atoms with Crippen molar-refractivity contribution < 1.29 is 19.2 Å². The lowest BCUT2D eigenvalue weighted by Crippen LogP contribution is -2.27.